The summed E-state index contributed by atoms with van der Waals surface area (Å²) >= 11 is 9.29. The lowest BCUT2D eigenvalue weighted by atomic mass is 10.2. The van der Waals surface area contributed by atoms with Crippen molar-refractivity contribution in [2.24, 2.45) is 5.10 Å². The summed E-state index contributed by atoms with van der Waals surface area (Å²) in [6.45, 7) is -0.149. The molecule has 0 atom stereocenters. The molecule has 1 N–H and O–H groups in total. The molecule has 2 aromatic carbocycles. The molecule has 114 valence electrons. The van der Waals surface area contributed by atoms with E-state index in [1.165, 1.54) is 0 Å². The van der Waals surface area contributed by atoms with Crippen molar-refractivity contribution in [3.8, 4) is 5.75 Å². The number of hydrazone groups is 1. The second-order valence-electron chi connectivity index (χ2n) is 4.40. The van der Waals surface area contributed by atoms with Crippen LogP contribution in [0.2, 0.25) is 5.02 Å². The molecule has 22 heavy (non-hydrogen) atoms. The van der Waals surface area contributed by atoms with Crippen molar-refractivity contribution in [3.05, 3.63) is 63.6 Å². The Labute approximate surface area is 142 Å². The third kappa shape index (κ3) is 5.50. The highest BCUT2D eigenvalue weighted by atomic mass is 79.9. The monoisotopic (exact) mass is 380 g/mol. The highest BCUT2D eigenvalue weighted by Crippen LogP contribution is 2.27. The van der Waals surface area contributed by atoms with E-state index in [0.29, 0.717) is 17.2 Å². The number of carbonyl (C=O) groups is 1. The van der Waals surface area contributed by atoms with Crippen LogP contribution in [0.15, 0.2) is 58.1 Å². The largest absolute Gasteiger partial charge is 0.482 e. The maximum atomic E-state index is 11.6. The van der Waals surface area contributed by atoms with E-state index in [9.17, 15) is 4.79 Å². The molecular formula is C16H14BrClN2O2. The summed E-state index contributed by atoms with van der Waals surface area (Å²) in [5.41, 5.74) is 3.53. The highest BCUT2D eigenvalue weighted by molar-refractivity contribution is 9.10. The second-order valence-corrected chi connectivity index (χ2v) is 5.72. The molecule has 0 heterocycles. The van der Waals surface area contributed by atoms with Crippen molar-refractivity contribution in [2.45, 2.75) is 6.42 Å². The van der Waals surface area contributed by atoms with Gasteiger partial charge in [0.2, 0.25) is 0 Å². The minimum Gasteiger partial charge on any atom is -0.482 e. The van der Waals surface area contributed by atoms with Crippen LogP contribution in [0.25, 0.3) is 0 Å². The molecule has 0 fully saturated rings. The van der Waals surface area contributed by atoms with Gasteiger partial charge in [0.15, 0.2) is 6.61 Å². The second kappa shape index (κ2) is 8.56. The average Bonchev–Trinajstić information content (AvgIpc) is 2.52. The summed E-state index contributed by atoms with van der Waals surface area (Å²) in [4.78, 5) is 11.6. The van der Waals surface area contributed by atoms with E-state index in [1.807, 2.05) is 30.3 Å². The summed E-state index contributed by atoms with van der Waals surface area (Å²) in [5, 5.41) is 4.31. The fourth-order valence-corrected chi connectivity index (χ4v) is 2.38. The highest BCUT2D eigenvalue weighted by Gasteiger charge is 2.05. The number of nitrogens with one attached hydrogen (secondary N) is 1. The number of hydrogen-bond acceptors (Lipinski definition) is 3. The first-order valence-corrected chi connectivity index (χ1v) is 7.74. The van der Waals surface area contributed by atoms with Gasteiger partial charge in [0.05, 0.1) is 5.02 Å². The number of rotatable bonds is 6. The minimum absolute atomic E-state index is 0.149. The van der Waals surface area contributed by atoms with Gasteiger partial charge in [-0.3, -0.25) is 4.79 Å². The van der Waals surface area contributed by atoms with Crippen LogP contribution in [0, 0.1) is 0 Å². The summed E-state index contributed by atoms with van der Waals surface area (Å²) in [6, 6.07) is 15.0. The number of halogens is 2. The van der Waals surface area contributed by atoms with E-state index < -0.39 is 0 Å². The van der Waals surface area contributed by atoms with Gasteiger partial charge >= 0.3 is 0 Å². The topological polar surface area (TPSA) is 50.7 Å². The van der Waals surface area contributed by atoms with E-state index in [-0.39, 0.29) is 12.5 Å². The van der Waals surface area contributed by atoms with Gasteiger partial charge < -0.3 is 4.74 Å². The molecule has 0 aliphatic carbocycles. The smallest absolute Gasteiger partial charge is 0.277 e. The number of carbonyl (C=O) groups excluding carboxylic acids is 1. The van der Waals surface area contributed by atoms with E-state index in [2.05, 4.69) is 26.5 Å². The predicted octanol–water partition coefficient (Wildman–Crippen LogP) is 3.83. The van der Waals surface area contributed by atoms with Gasteiger partial charge in [0, 0.05) is 17.1 Å². The van der Waals surface area contributed by atoms with Gasteiger partial charge in [0.1, 0.15) is 5.75 Å². The molecule has 0 bridgehead atoms. The maximum absolute atomic E-state index is 11.6. The Morgan fingerprint density at radius 2 is 2.05 bits per heavy atom. The Kier molecular flexibility index (Phi) is 6.43. The van der Waals surface area contributed by atoms with E-state index in [4.69, 9.17) is 16.3 Å². The number of nitrogens with zero attached hydrogens (tertiary/aromatic N) is 1. The predicted molar refractivity (Wildman–Crippen MR) is 91.4 cm³/mol. The number of ether oxygens (including phenoxy) is 1. The van der Waals surface area contributed by atoms with Gasteiger partial charge in [-0.05, 0) is 23.8 Å². The molecule has 6 heteroatoms. The third-order valence-electron chi connectivity index (χ3n) is 2.70. The Morgan fingerprint density at radius 3 is 2.77 bits per heavy atom. The van der Waals surface area contributed by atoms with Crippen LogP contribution in [0.5, 0.6) is 5.75 Å². The average molecular weight is 382 g/mol. The fraction of sp³-hybridized carbons (Fsp3) is 0.125. The first kappa shape index (κ1) is 16.5. The van der Waals surface area contributed by atoms with E-state index in [0.717, 1.165) is 10.0 Å². The lowest BCUT2D eigenvalue weighted by molar-refractivity contribution is -0.123. The van der Waals surface area contributed by atoms with Crippen molar-refractivity contribution < 1.29 is 9.53 Å². The van der Waals surface area contributed by atoms with Gasteiger partial charge in [-0.1, -0.05) is 57.9 Å². The van der Waals surface area contributed by atoms with Crippen molar-refractivity contribution in [1.29, 1.82) is 0 Å². The van der Waals surface area contributed by atoms with Crippen LogP contribution in [-0.4, -0.2) is 18.7 Å². The molecular weight excluding hydrogens is 368 g/mol. The van der Waals surface area contributed by atoms with Crippen molar-refractivity contribution >= 4 is 39.7 Å². The fourth-order valence-electron chi connectivity index (χ4n) is 1.65. The molecule has 0 aliphatic heterocycles. The van der Waals surface area contributed by atoms with Crippen LogP contribution >= 0.6 is 27.5 Å². The zero-order chi connectivity index (χ0) is 15.8. The molecule has 0 saturated heterocycles. The summed E-state index contributed by atoms with van der Waals surface area (Å²) < 4.78 is 6.18. The summed E-state index contributed by atoms with van der Waals surface area (Å²) in [7, 11) is 0. The molecule has 0 saturated carbocycles. The Balaban J connectivity index is 1.74. The zero-order valence-corrected chi connectivity index (χ0v) is 14.0. The maximum Gasteiger partial charge on any atom is 0.277 e. The van der Waals surface area contributed by atoms with Crippen molar-refractivity contribution in [1.82, 2.24) is 5.43 Å². The van der Waals surface area contributed by atoms with Crippen molar-refractivity contribution in [2.75, 3.05) is 6.61 Å². The molecule has 0 unspecified atom stereocenters. The van der Waals surface area contributed by atoms with Gasteiger partial charge in [-0.25, -0.2) is 5.43 Å². The Morgan fingerprint density at radius 1 is 1.27 bits per heavy atom. The molecule has 0 aromatic heterocycles. The standard InChI is InChI=1S/C16H14BrClN2O2/c17-13-6-7-15(14(18)10-13)22-11-16(21)20-19-9-8-12-4-2-1-3-5-12/h1-7,9-10H,8,11H2,(H,20,21)/b19-9+. The first-order chi connectivity index (χ1) is 10.6. The van der Waals surface area contributed by atoms with Crippen LogP contribution in [-0.2, 0) is 11.2 Å². The third-order valence-corrected chi connectivity index (χ3v) is 3.49. The van der Waals surface area contributed by atoms with Crippen LogP contribution in [0.3, 0.4) is 0 Å². The Bertz CT molecular complexity index is 662. The first-order valence-electron chi connectivity index (χ1n) is 6.57. The molecule has 1 amide bonds. The van der Waals surface area contributed by atoms with Gasteiger partial charge in [-0.15, -0.1) is 0 Å². The number of benzene rings is 2. The molecule has 4 nitrogen and oxygen atoms in total. The van der Waals surface area contributed by atoms with Crippen LogP contribution in [0.4, 0.5) is 0 Å². The molecule has 2 rings (SSSR count). The molecule has 0 radical (unpaired) electrons. The molecule has 0 aliphatic rings. The minimum atomic E-state index is -0.344. The summed E-state index contributed by atoms with van der Waals surface area (Å²) in [6.07, 6.45) is 2.29. The Hall–Kier alpha value is -1.85. The van der Waals surface area contributed by atoms with E-state index in [1.54, 1.807) is 24.4 Å². The van der Waals surface area contributed by atoms with Gasteiger partial charge in [0.25, 0.3) is 5.91 Å². The lowest BCUT2D eigenvalue weighted by Crippen LogP contribution is -2.24. The molecule has 2 aromatic rings. The van der Waals surface area contributed by atoms with Crippen LogP contribution in [0.1, 0.15) is 5.56 Å². The number of hydrogen-bond donors (Lipinski definition) is 1. The van der Waals surface area contributed by atoms with Crippen LogP contribution < -0.4 is 10.2 Å². The zero-order valence-electron chi connectivity index (χ0n) is 11.6. The quantitative estimate of drug-likeness (QED) is 0.611. The number of amides is 1. The van der Waals surface area contributed by atoms with Gasteiger partial charge in [-0.2, -0.15) is 5.10 Å². The normalized spacial score (nSPS) is 10.6. The SMILES string of the molecule is O=C(COc1ccc(Br)cc1Cl)N/N=C/Cc1ccccc1. The molecule has 0 spiro atoms. The lowest BCUT2D eigenvalue weighted by Gasteiger charge is -2.07. The summed E-state index contributed by atoms with van der Waals surface area (Å²) in [5.74, 6) is 0.108. The van der Waals surface area contributed by atoms with Crippen molar-refractivity contribution in [3.63, 3.8) is 0 Å². The van der Waals surface area contributed by atoms with E-state index >= 15 is 0 Å².